The molecule has 0 N–H and O–H groups in total. The predicted molar refractivity (Wildman–Crippen MR) is 61.6 cm³/mol. The number of hydrogen-bond donors (Lipinski definition) is 0. The molecule has 0 aliphatic carbocycles. The molecule has 2 atom stereocenters. The minimum atomic E-state index is -0.697. The van der Waals surface area contributed by atoms with Crippen molar-refractivity contribution in [2.75, 3.05) is 13.1 Å². The molecule has 1 saturated heterocycles. The van der Waals surface area contributed by atoms with Crippen LogP contribution in [0.3, 0.4) is 0 Å². The largest absolute Gasteiger partial charge is 0.285 e. The van der Waals surface area contributed by atoms with Crippen molar-refractivity contribution < 1.29 is 4.21 Å². The van der Waals surface area contributed by atoms with Crippen LogP contribution in [0.15, 0.2) is 0 Å². The van der Waals surface area contributed by atoms with Crippen LogP contribution in [0.5, 0.6) is 0 Å². The van der Waals surface area contributed by atoms with Crippen LogP contribution in [-0.4, -0.2) is 38.2 Å². The van der Waals surface area contributed by atoms with Gasteiger partial charge in [-0.2, -0.15) is 0 Å². The molecule has 1 heterocycles. The summed E-state index contributed by atoms with van der Waals surface area (Å²) in [6, 6.07) is 0. The maximum absolute atomic E-state index is 11.7. The highest BCUT2D eigenvalue weighted by molar-refractivity contribution is 7.86. The lowest BCUT2D eigenvalue weighted by molar-refractivity contribution is 0.165. The van der Waals surface area contributed by atoms with Gasteiger partial charge in [0, 0.05) is 34.4 Å². The van der Waals surface area contributed by atoms with Gasteiger partial charge in [-0.05, 0) is 27.7 Å². The summed E-state index contributed by atoms with van der Waals surface area (Å²) in [5, 5.41) is 0.456. The summed E-state index contributed by atoms with van der Waals surface area (Å²) >= 11 is 0. The minimum absolute atomic E-state index is 0.215. The van der Waals surface area contributed by atoms with E-state index in [0.29, 0.717) is 0 Å². The van der Waals surface area contributed by atoms with E-state index in [-0.39, 0.29) is 16.0 Å². The fourth-order valence-corrected chi connectivity index (χ4v) is 3.23. The summed E-state index contributed by atoms with van der Waals surface area (Å²) in [5.41, 5.74) is -0.215. The van der Waals surface area contributed by atoms with Gasteiger partial charge in [0.2, 0.25) is 0 Å². The van der Waals surface area contributed by atoms with E-state index in [2.05, 4.69) is 10.8 Å². The lowest BCUT2D eigenvalue weighted by Gasteiger charge is -2.41. The smallest absolute Gasteiger partial charge is 0.0766 e. The summed E-state index contributed by atoms with van der Waals surface area (Å²) in [7, 11) is -0.697. The van der Waals surface area contributed by atoms with Crippen molar-refractivity contribution in [3.05, 3.63) is 0 Å². The molecule has 0 bridgehead atoms. The second-order valence-electron chi connectivity index (χ2n) is 4.56. The van der Waals surface area contributed by atoms with Crippen LogP contribution in [0.4, 0.5) is 0 Å². The Morgan fingerprint density at radius 1 is 1.36 bits per heavy atom. The van der Waals surface area contributed by atoms with Crippen molar-refractivity contribution in [1.29, 1.82) is 0 Å². The molecule has 0 aromatic heterocycles. The van der Waals surface area contributed by atoms with Crippen LogP contribution < -0.4 is 0 Å². The SMILES string of the molecule is C#CC(C)(C)N1CC(C)S(=O)C(C)C1. The standard InChI is InChI=1S/C11H19NOS/c1-6-11(4,5)12-7-9(2)14(13)10(3)8-12/h1,9-10H,7-8H2,2-5H3. The third-order valence-corrected chi connectivity index (χ3v) is 4.78. The second-order valence-corrected chi connectivity index (χ2v) is 6.82. The molecule has 1 fully saturated rings. The molecular formula is C11H19NOS. The van der Waals surface area contributed by atoms with E-state index in [1.165, 1.54) is 0 Å². The average molecular weight is 213 g/mol. The maximum atomic E-state index is 11.7. The zero-order valence-corrected chi connectivity index (χ0v) is 10.2. The minimum Gasteiger partial charge on any atom is -0.285 e. The quantitative estimate of drug-likeness (QED) is 0.611. The first-order valence-corrected chi connectivity index (χ1v) is 6.28. The van der Waals surface area contributed by atoms with Crippen LogP contribution in [0.2, 0.25) is 0 Å². The molecule has 0 aromatic carbocycles. The van der Waals surface area contributed by atoms with Crippen molar-refractivity contribution in [1.82, 2.24) is 4.90 Å². The topological polar surface area (TPSA) is 20.3 Å². The van der Waals surface area contributed by atoms with Crippen molar-refractivity contribution in [3.63, 3.8) is 0 Å². The van der Waals surface area contributed by atoms with E-state index in [9.17, 15) is 4.21 Å². The highest BCUT2D eigenvalue weighted by atomic mass is 32.2. The molecular weight excluding hydrogens is 194 g/mol. The van der Waals surface area contributed by atoms with E-state index in [0.717, 1.165) is 13.1 Å². The van der Waals surface area contributed by atoms with E-state index in [1.54, 1.807) is 0 Å². The molecule has 14 heavy (non-hydrogen) atoms. The molecule has 0 saturated carbocycles. The molecule has 1 aliphatic heterocycles. The first kappa shape index (κ1) is 11.7. The zero-order chi connectivity index (χ0) is 10.9. The van der Waals surface area contributed by atoms with Gasteiger partial charge in [0.1, 0.15) is 0 Å². The molecule has 1 aliphatic rings. The van der Waals surface area contributed by atoms with Gasteiger partial charge >= 0.3 is 0 Å². The molecule has 80 valence electrons. The molecule has 2 unspecified atom stereocenters. The van der Waals surface area contributed by atoms with E-state index in [4.69, 9.17) is 6.42 Å². The Hall–Kier alpha value is -0.330. The first-order chi connectivity index (χ1) is 6.38. The Kier molecular flexibility index (Phi) is 3.39. The lowest BCUT2D eigenvalue weighted by atomic mass is 10.0. The van der Waals surface area contributed by atoms with Crippen LogP contribution in [0.25, 0.3) is 0 Å². The Balaban J connectivity index is 2.78. The Morgan fingerprint density at radius 2 is 1.79 bits per heavy atom. The van der Waals surface area contributed by atoms with Crippen LogP contribution >= 0.6 is 0 Å². The second kappa shape index (κ2) is 4.04. The zero-order valence-electron chi connectivity index (χ0n) is 9.41. The van der Waals surface area contributed by atoms with Crippen molar-refractivity contribution in [2.45, 2.75) is 43.7 Å². The van der Waals surface area contributed by atoms with Gasteiger partial charge in [-0.3, -0.25) is 9.11 Å². The van der Waals surface area contributed by atoms with Gasteiger partial charge in [-0.25, -0.2) is 0 Å². The monoisotopic (exact) mass is 213 g/mol. The summed E-state index contributed by atoms with van der Waals surface area (Å²) in [6.45, 7) is 9.83. The van der Waals surface area contributed by atoms with Gasteiger partial charge in [-0.15, -0.1) is 6.42 Å². The molecule has 0 radical (unpaired) electrons. The summed E-state index contributed by atoms with van der Waals surface area (Å²) in [4.78, 5) is 2.25. The molecule has 0 amide bonds. The van der Waals surface area contributed by atoms with Gasteiger partial charge in [0.15, 0.2) is 0 Å². The highest BCUT2D eigenvalue weighted by Gasteiger charge is 2.35. The van der Waals surface area contributed by atoms with Gasteiger partial charge < -0.3 is 0 Å². The van der Waals surface area contributed by atoms with Crippen LogP contribution in [-0.2, 0) is 10.8 Å². The molecule has 0 spiro atoms. The fraction of sp³-hybridized carbons (Fsp3) is 0.818. The normalized spacial score (nSPS) is 35.2. The van der Waals surface area contributed by atoms with E-state index >= 15 is 0 Å². The van der Waals surface area contributed by atoms with Crippen molar-refractivity contribution in [3.8, 4) is 12.3 Å². The van der Waals surface area contributed by atoms with Crippen molar-refractivity contribution >= 4 is 10.8 Å². The lowest BCUT2D eigenvalue weighted by Crippen LogP contribution is -2.55. The highest BCUT2D eigenvalue weighted by Crippen LogP contribution is 2.22. The third-order valence-electron chi connectivity index (χ3n) is 2.89. The van der Waals surface area contributed by atoms with Gasteiger partial charge in [0.25, 0.3) is 0 Å². The number of rotatable bonds is 1. The average Bonchev–Trinajstić information content (AvgIpc) is 2.13. The Morgan fingerprint density at radius 3 is 2.14 bits per heavy atom. The molecule has 3 heteroatoms. The summed E-state index contributed by atoms with van der Waals surface area (Å²) in [5.74, 6) is 2.79. The maximum Gasteiger partial charge on any atom is 0.0766 e. The Labute approximate surface area is 89.5 Å². The van der Waals surface area contributed by atoms with Crippen molar-refractivity contribution in [2.24, 2.45) is 0 Å². The number of nitrogens with zero attached hydrogens (tertiary/aromatic N) is 1. The van der Waals surface area contributed by atoms with E-state index in [1.807, 2.05) is 27.7 Å². The van der Waals surface area contributed by atoms with Crippen LogP contribution in [0, 0.1) is 12.3 Å². The summed E-state index contributed by atoms with van der Waals surface area (Å²) in [6.07, 6.45) is 5.50. The summed E-state index contributed by atoms with van der Waals surface area (Å²) < 4.78 is 11.7. The van der Waals surface area contributed by atoms with Gasteiger partial charge in [-0.1, -0.05) is 5.92 Å². The van der Waals surface area contributed by atoms with Crippen LogP contribution in [0.1, 0.15) is 27.7 Å². The molecule has 0 aromatic rings. The number of hydrogen-bond acceptors (Lipinski definition) is 2. The molecule has 2 nitrogen and oxygen atoms in total. The van der Waals surface area contributed by atoms with E-state index < -0.39 is 10.8 Å². The predicted octanol–water partition coefficient (Wildman–Crippen LogP) is 1.24. The molecule has 1 rings (SSSR count). The number of terminal acetylenes is 1. The third kappa shape index (κ3) is 2.18. The van der Waals surface area contributed by atoms with Gasteiger partial charge in [0.05, 0.1) is 5.54 Å². The Bertz CT molecular complexity index is 266. The fourth-order valence-electron chi connectivity index (χ4n) is 1.79. The first-order valence-electron chi connectivity index (χ1n) is 5.00.